The van der Waals surface area contributed by atoms with Gasteiger partial charge in [0.15, 0.2) is 0 Å². The zero-order valence-corrected chi connectivity index (χ0v) is 11.6. The molecule has 1 aromatic rings. The molecule has 0 saturated carbocycles. The van der Waals surface area contributed by atoms with Crippen LogP contribution < -0.4 is 0 Å². The van der Waals surface area contributed by atoms with Crippen LogP contribution in [0.25, 0.3) is 0 Å². The Hall–Kier alpha value is -0.0400. The van der Waals surface area contributed by atoms with E-state index in [0.717, 1.165) is 4.47 Å². The highest BCUT2D eigenvalue weighted by Gasteiger charge is 2.32. The molecule has 0 amide bonds. The summed E-state index contributed by atoms with van der Waals surface area (Å²) in [6.45, 7) is 0.652. The molecule has 0 N–H and O–H groups in total. The highest BCUT2D eigenvalue weighted by Crippen LogP contribution is 2.35. The van der Waals surface area contributed by atoms with Crippen LogP contribution in [0.15, 0.2) is 17.0 Å². The van der Waals surface area contributed by atoms with E-state index < -0.39 is 10.0 Å². The lowest BCUT2D eigenvalue weighted by atomic mass is 10.4. The third kappa shape index (κ3) is 2.54. The molecule has 8 heteroatoms. The van der Waals surface area contributed by atoms with Crippen molar-refractivity contribution in [2.75, 3.05) is 13.2 Å². The summed E-state index contributed by atoms with van der Waals surface area (Å²) in [5, 5.41) is 0.247. The third-order valence-electron chi connectivity index (χ3n) is 2.21. The molecule has 1 saturated heterocycles. The maximum absolute atomic E-state index is 12.2. The van der Waals surface area contributed by atoms with Crippen molar-refractivity contribution >= 4 is 44.8 Å². The minimum Gasteiger partial charge on any atom is -0.284 e. The van der Waals surface area contributed by atoms with Crippen molar-refractivity contribution in [3.8, 4) is 0 Å². The summed E-state index contributed by atoms with van der Waals surface area (Å²) in [6, 6.07) is 2.66. The fraction of sp³-hybridized carbons (Fsp3) is 0.333. The average Bonchev–Trinajstić information content (AvgIpc) is 2.67. The number of benzene rings is 1. The van der Waals surface area contributed by atoms with Crippen molar-refractivity contribution in [1.29, 1.82) is 0 Å². The first-order chi connectivity index (χ1) is 7.93. The fourth-order valence-corrected chi connectivity index (χ4v) is 4.29. The van der Waals surface area contributed by atoms with Crippen LogP contribution in [0.2, 0.25) is 15.1 Å². The summed E-state index contributed by atoms with van der Waals surface area (Å²) in [4.78, 5) is 4.83. The van der Waals surface area contributed by atoms with Crippen molar-refractivity contribution in [1.82, 2.24) is 4.47 Å². The smallest absolute Gasteiger partial charge is 0.267 e. The number of hydrogen-bond donors (Lipinski definition) is 0. The number of rotatable bonds is 2. The average molecular weight is 317 g/mol. The van der Waals surface area contributed by atoms with Crippen LogP contribution in [0.1, 0.15) is 6.42 Å². The fourth-order valence-electron chi connectivity index (χ4n) is 1.49. The van der Waals surface area contributed by atoms with Crippen LogP contribution in [0, 0.1) is 0 Å². The first-order valence-corrected chi connectivity index (χ1v) is 7.30. The number of hydrogen-bond acceptors (Lipinski definition) is 3. The van der Waals surface area contributed by atoms with Gasteiger partial charge < -0.3 is 0 Å². The van der Waals surface area contributed by atoms with Gasteiger partial charge in [-0.1, -0.05) is 39.3 Å². The Labute approximate surface area is 114 Å². The normalized spacial score (nSPS) is 17.6. The standard InChI is InChI=1S/C9H8Cl3NO3S/c10-6-4-7(11)9(8(12)5-6)17(14,15)13-2-1-3-16-13/h4-5H,1-3H2. The minimum atomic E-state index is -3.83. The molecule has 0 radical (unpaired) electrons. The van der Waals surface area contributed by atoms with Crippen LogP contribution in [-0.4, -0.2) is 26.0 Å². The molecule has 0 atom stereocenters. The van der Waals surface area contributed by atoms with E-state index in [2.05, 4.69) is 0 Å². The molecule has 17 heavy (non-hydrogen) atoms. The predicted molar refractivity (Wildman–Crippen MR) is 65.9 cm³/mol. The van der Waals surface area contributed by atoms with Gasteiger partial charge in [0, 0.05) is 11.6 Å². The Balaban J connectivity index is 2.53. The zero-order chi connectivity index (χ0) is 12.6. The van der Waals surface area contributed by atoms with E-state index >= 15 is 0 Å². The molecule has 94 valence electrons. The number of hydroxylamine groups is 1. The van der Waals surface area contributed by atoms with Gasteiger partial charge in [-0.3, -0.25) is 4.84 Å². The van der Waals surface area contributed by atoms with Gasteiger partial charge in [0.25, 0.3) is 10.0 Å². The van der Waals surface area contributed by atoms with Gasteiger partial charge in [0.1, 0.15) is 4.90 Å². The van der Waals surface area contributed by atoms with Crippen molar-refractivity contribution in [2.45, 2.75) is 11.3 Å². The monoisotopic (exact) mass is 315 g/mol. The highest BCUT2D eigenvalue weighted by atomic mass is 35.5. The van der Waals surface area contributed by atoms with Gasteiger partial charge in [-0.2, -0.15) is 0 Å². The molecular weight excluding hydrogens is 309 g/mol. The number of sulfonamides is 1. The van der Waals surface area contributed by atoms with E-state index in [4.69, 9.17) is 39.6 Å². The first-order valence-electron chi connectivity index (χ1n) is 4.73. The van der Waals surface area contributed by atoms with Gasteiger partial charge in [-0.25, -0.2) is 8.42 Å². The minimum absolute atomic E-state index is 0.0157. The van der Waals surface area contributed by atoms with E-state index in [1.807, 2.05) is 0 Å². The van der Waals surface area contributed by atoms with E-state index in [-0.39, 0.29) is 26.5 Å². The van der Waals surface area contributed by atoms with Gasteiger partial charge in [-0.05, 0) is 18.6 Å². The van der Waals surface area contributed by atoms with Crippen LogP contribution in [0.3, 0.4) is 0 Å². The molecule has 1 aromatic carbocycles. The van der Waals surface area contributed by atoms with Crippen LogP contribution in [0.5, 0.6) is 0 Å². The van der Waals surface area contributed by atoms with E-state index in [1.165, 1.54) is 12.1 Å². The van der Waals surface area contributed by atoms with Crippen LogP contribution in [-0.2, 0) is 14.9 Å². The Morgan fingerprint density at radius 1 is 1.18 bits per heavy atom. The third-order valence-corrected chi connectivity index (χ3v) is 5.03. The zero-order valence-electron chi connectivity index (χ0n) is 8.49. The van der Waals surface area contributed by atoms with E-state index in [9.17, 15) is 8.42 Å². The van der Waals surface area contributed by atoms with Crippen LogP contribution >= 0.6 is 34.8 Å². The maximum atomic E-state index is 12.2. The molecule has 0 aromatic heterocycles. The Morgan fingerprint density at radius 2 is 1.76 bits per heavy atom. The second-order valence-electron chi connectivity index (χ2n) is 3.42. The second-order valence-corrected chi connectivity index (χ2v) is 6.43. The number of nitrogens with zero attached hydrogens (tertiary/aromatic N) is 1. The lowest BCUT2D eigenvalue weighted by molar-refractivity contribution is -0.0284. The molecule has 0 spiro atoms. The highest BCUT2D eigenvalue weighted by molar-refractivity contribution is 7.89. The van der Waals surface area contributed by atoms with Crippen molar-refractivity contribution < 1.29 is 13.3 Å². The molecule has 1 fully saturated rings. The molecule has 1 heterocycles. The molecule has 2 rings (SSSR count). The molecule has 1 aliphatic heterocycles. The summed E-state index contributed by atoms with van der Waals surface area (Å²) >= 11 is 17.5. The Bertz CT molecular complexity index is 517. The Morgan fingerprint density at radius 3 is 2.24 bits per heavy atom. The van der Waals surface area contributed by atoms with Crippen molar-refractivity contribution in [2.24, 2.45) is 0 Å². The second kappa shape index (κ2) is 4.91. The van der Waals surface area contributed by atoms with Gasteiger partial charge >= 0.3 is 0 Å². The SMILES string of the molecule is O=S(=O)(c1c(Cl)cc(Cl)cc1Cl)N1CCCO1. The maximum Gasteiger partial charge on any atom is 0.267 e. The van der Waals surface area contributed by atoms with Crippen molar-refractivity contribution in [3.05, 3.63) is 27.2 Å². The van der Waals surface area contributed by atoms with E-state index in [0.29, 0.717) is 13.0 Å². The molecular formula is C9H8Cl3NO3S. The van der Waals surface area contributed by atoms with Gasteiger partial charge in [-0.15, -0.1) is 0 Å². The summed E-state index contributed by atoms with van der Waals surface area (Å²) in [5.41, 5.74) is 0. The molecule has 0 bridgehead atoms. The molecule has 0 aliphatic carbocycles. The quantitative estimate of drug-likeness (QED) is 0.842. The summed E-state index contributed by atoms with van der Waals surface area (Å²) in [7, 11) is -3.83. The predicted octanol–water partition coefficient (Wildman–Crippen LogP) is 2.97. The summed E-state index contributed by atoms with van der Waals surface area (Å²) in [5.74, 6) is 0. The van der Waals surface area contributed by atoms with Crippen LogP contribution in [0.4, 0.5) is 0 Å². The molecule has 0 unspecified atom stereocenters. The summed E-state index contributed by atoms with van der Waals surface area (Å²) < 4.78 is 25.2. The summed E-state index contributed by atoms with van der Waals surface area (Å²) in [6.07, 6.45) is 0.641. The molecule has 1 aliphatic rings. The molecule has 4 nitrogen and oxygen atoms in total. The van der Waals surface area contributed by atoms with Crippen molar-refractivity contribution in [3.63, 3.8) is 0 Å². The topological polar surface area (TPSA) is 46.6 Å². The largest absolute Gasteiger partial charge is 0.284 e. The van der Waals surface area contributed by atoms with E-state index in [1.54, 1.807) is 0 Å². The Kier molecular flexibility index (Phi) is 3.87. The first kappa shape index (κ1) is 13.4. The van der Waals surface area contributed by atoms with Gasteiger partial charge in [0.05, 0.1) is 16.7 Å². The number of halogens is 3. The van der Waals surface area contributed by atoms with Gasteiger partial charge in [0.2, 0.25) is 0 Å². The lowest BCUT2D eigenvalue weighted by Crippen LogP contribution is -2.27. The lowest BCUT2D eigenvalue weighted by Gasteiger charge is -2.16.